The molecule has 1 N–H and O–H groups in total. The van der Waals surface area contributed by atoms with Gasteiger partial charge < -0.3 is 14.8 Å². The molecule has 4 aromatic rings. The maximum absolute atomic E-state index is 6.09. The zero-order chi connectivity index (χ0) is 19.8. The number of fused-ring (bicyclic) bond motifs is 1. The van der Waals surface area contributed by atoms with Crippen LogP contribution in [0.25, 0.3) is 27.8 Å². The van der Waals surface area contributed by atoms with E-state index in [4.69, 9.17) is 11.6 Å². The van der Waals surface area contributed by atoms with Crippen molar-refractivity contribution < 1.29 is 0 Å². The number of pyridine rings is 1. The minimum atomic E-state index is 0.704. The van der Waals surface area contributed by atoms with Crippen molar-refractivity contribution in [3.05, 3.63) is 78.5 Å². The average molecular weight is 403 g/mol. The van der Waals surface area contributed by atoms with Gasteiger partial charge in [0.1, 0.15) is 0 Å². The van der Waals surface area contributed by atoms with Crippen LogP contribution in [0.2, 0.25) is 5.02 Å². The van der Waals surface area contributed by atoms with E-state index >= 15 is 0 Å². The second-order valence-electron chi connectivity index (χ2n) is 7.00. The summed E-state index contributed by atoms with van der Waals surface area (Å²) in [6.07, 6.45) is 7.42. The third-order valence-corrected chi connectivity index (χ3v) is 5.30. The number of benzene rings is 1. The van der Waals surface area contributed by atoms with Crippen LogP contribution in [-0.2, 0) is 0 Å². The summed E-state index contributed by atoms with van der Waals surface area (Å²) in [4.78, 5) is 15.7. The summed E-state index contributed by atoms with van der Waals surface area (Å²) in [5.41, 5.74) is 4.96. The Morgan fingerprint density at radius 2 is 1.83 bits per heavy atom. The minimum absolute atomic E-state index is 0.704. The van der Waals surface area contributed by atoms with E-state index in [9.17, 15) is 0 Å². The van der Waals surface area contributed by atoms with Crippen LogP contribution in [0.3, 0.4) is 0 Å². The molecular formula is C22H19ClN6. The maximum Gasteiger partial charge on any atom is 0.225 e. The molecule has 0 amide bonds. The van der Waals surface area contributed by atoms with Gasteiger partial charge in [0.25, 0.3) is 0 Å². The lowest BCUT2D eigenvalue weighted by Crippen LogP contribution is -2.42. The fraction of sp³-hybridized carbons (Fsp3) is 0.136. The first kappa shape index (κ1) is 17.7. The smallest absolute Gasteiger partial charge is 0.225 e. The van der Waals surface area contributed by atoms with E-state index in [0.29, 0.717) is 11.0 Å². The highest BCUT2D eigenvalue weighted by molar-refractivity contribution is 6.30. The van der Waals surface area contributed by atoms with Crippen LogP contribution < -0.4 is 10.2 Å². The minimum Gasteiger partial charge on any atom is -0.386 e. The molecule has 5 rings (SSSR count). The zero-order valence-corrected chi connectivity index (χ0v) is 16.5. The van der Waals surface area contributed by atoms with Gasteiger partial charge in [0.2, 0.25) is 5.95 Å². The second-order valence-corrected chi connectivity index (χ2v) is 7.44. The highest BCUT2D eigenvalue weighted by Crippen LogP contribution is 2.31. The van der Waals surface area contributed by atoms with Gasteiger partial charge in [-0.05, 0) is 36.4 Å². The Labute approximate surface area is 173 Å². The molecule has 144 valence electrons. The topological polar surface area (TPSA) is 58.9 Å². The van der Waals surface area contributed by atoms with Gasteiger partial charge in [-0.3, -0.25) is 4.98 Å². The number of halogens is 1. The molecule has 0 bridgehead atoms. The predicted octanol–water partition coefficient (Wildman–Crippen LogP) is 4.06. The molecule has 1 aromatic carbocycles. The molecule has 3 aromatic heterocycles. The number of nitrogens with zero attached hydrogens (tertiary/aromatic N) is 5. The van der Waals surface area contributed by atoms with Crippen LogP contribution in [0.1, 0.15) is 0 Å². The SMILES string of the molecule is C=C1CN(c2ncc(-c3cc4ccncc4n3-c3ccc(Cl)cc3)cn2)CCN1. The molecule has 0 unspecified atom stereocenters. The molecule has 1 aliphatic rings. The molecule has 7 heteroatoms. The second kappa shape index (κ2) is 7.22. The van der Waals surface area contributed by atoms with Gasteiger partial charge in [0, 0.05) is 59.0 Å². The summed E-state index contributed by atoms with van der Waals surface area (Å²) < 4.78 is 2.16. The maximum atomic E-state index is 6.09. The standard InChI is InChI=1S/C22H19ClN6/c1-15-14-28(9-8-25-15)22-26-11-17(12-27-22)20-10-16-6-7-24-13-21(16)29(20)19-4-2-18(23)3-5-19/h2-7,10-13,25H,1,8-9,14H2. The number of aromatic nitrogens is 4. The third kappa shape index (κ3) is 3.32. The summed E-state index contributed by atoms with van der Waals surface area (Å²) >= 11 is 6.09. The van der Waals surface area contributed by atoms with Crippen LogP contribution in [-0.4, -0.2) is 39.2 Å². The van der Waals surface area contributed by atoms with Gasteiger partial charge in [-0.25, -0.2) is 9.97 Å². The summed E-state index contributed by atoms with van der Waals surface area (Å²) in [6, 6.07) is 11.9. The molecule has 4 heterocycles. The Morgan fingerprint density at radius 3 is 2.59 bits per heavy atom. The van der Waals surface area contributed by atoms with E-state index < -0.39 is 0 Å². The number of hydrogen-bond acceptors (Lipinski definition) is 5. The average Bonchev–Trinajstić information content (AvgIpc) is 3.14. The number of nitrogens with one attached hydrogen (secondary N) is 1. The molecule has 6 nitrogen and oxygen atoms in total. The van der Waals surface area contributed by atoms with Crippen molar-refractivity contribution in [2.75, 3.05) is 24.5 Å². The van der Waals surface area contributed by atoms with Gasteiger partial charge in [-0.2, -0.15) is 0 Å². The quantitative estimate of drug-likeness (QED) is 0.560. The van der Waals surface area contributed by atoms with Gasteiger partial charge in [0.15, 0.2) is 0 Å². The first-order valence-corrected chi connectivity index (χ1v) is 9.77. The van der Waals surface area contributed by atoms with Crippen molar-refractivity contribution >= 4 is 28.5 Å². The van der Waals surface area contributed by atoms with E-state index in [1.165, 1.54) is 0 Å². The molecule has 0 atom stereocenters. The molecule has 1 fully saturated rings. The van der Waals surface area contributed by atoms with Crippen LogP contribution in [0.4, 0.5) is 5.95 Å². The van der Waals surface area contributed by atoms with E-state index in [1.807, 2.05) is 48.9 Å². The van der Waals surface area contributed by atoms with Crippen molar-refractivity contribution in [3.63, 3.8) is 0 Å². The van der Waals surface area contributed by atoms with Crippen LogP contribution in [0.15, 0.2) is 73.5 Å². The largest absolute Gasteiger partial charge is 0.386 e. The molecule has 1 aliphatic heterocycles. The molecule has 1 saturated heterocycles. The van der Waals surface area contributed by atoms with Crippen LogP contribution >= 0.6 is 11.6 Å². The lowest BCUT2D eigenvalue weighted by atomic mass is 10.2. The van der Waals surface area contributed by atoms with E-state index in [2.05, 4.69) is 42.4 Å². The fourth-order valence-corrected chi connectivity index (χ4v) is 3.77. The van der Waals surface area contributed by atoms with Crippen molar-refractivity contribution in [1.82, 2.24) is 24.8 Å². The summed E-state index contributed by atoms with van der Waals surface area (Å²) in [5.74, 6) is 0.715. The van der Waals surface area contributed by atoms with Crippen molar-refractivity contribution in [2.45, 2.75) is 0 Å². The van der Waals surface area contributed by atoms with Gasteiger partial charge in [-0.15, -0.1) is 0 Å². The van der Waals surface area contributed by atoms with Gasteiger partial charge in [0.05, 0.1) is 24.0 Å². The molecule has 0 aliphatic carbocycles. The number of anilines is 1. The van der Waals surface area contributed by atoms with E-state index in [0.717, 1.165) is 53.2 Å². The number of piperazine rings is 1. The Hall–Kier alpha value is -3.38. The summed E-state index contributed by atoms with van der Waals surface area (Å²) in [7, 11) is 0. The highest BCUT2D eigenvalue weighted by atomic mass is 35.5. The molecule has 29 heavy (non-hydrogen) atoms. The molecule has 0 spiro atoms. The summed E-state index contributed by atoms with van der Waals surface area (Å²) in [6.45, 7) is 6.43. The van der Waals surface area contributed by atoms with E-state index in [-0.39, 0.29) is 0 Å². The van der Waals surface area contributed by atoms with Crippen LogP contribution in [0.5, 0.6) is 0 Å². The van der Waals surface area contributed by atoms with Crippen LogP contribution in [0, 0.1) is 0 Å². The Balaban J connectivity index is 1.59. The lowest BCUT2D eigenvalue weighted by Gasteiger charge is -2.29. The number of hydrogen-bond donors (Lipinski definition) is 1. The van der Waals surface area contributed by atoms with E-state index in [1.54, 1.807) is 6.20 Å². The monoisotopic (exact) mass is 402 g/mol. The lowest BCUT2D eigenvalue weighted by molar-refractivity contribution is 0.649. The normalized spacial score (nSPS) is 14.2. The van der Waals surface area contributed by atoms with Gasteiger partial charge >= 0.3 is 0 Å². The molecule has 0 radical (unpaired) electrons. The molecule has 0 saturated carbocycles. The van der Waals surface area contributed by atoms with Crippen molar-refractivity contribution in [2.24, 2.45) is 0 Å². The Bertz CT molecular complexity index is 1180. The molecular weight excluding hydrogens is 384 g/mol. The summed E-state index contributed by atoms with van der Waals surface area (Å²) in [5, 5.41) is 5.06. The Kier molecular flexibility index (Phi) is 4.41. The highest BCUT2D eigenvalue weighted by Gasteiger charge is 2.17. The van der Waals surface area contributed by atoms with Gasteiger partial charge in [-0.1, -0.05) is 18.2 Å². The van der Waals surface area contributed by atoms with Crippen molar-refractivity contribution in [1.29, 1.82) is 0 Å². The number of rotatable bonds is 3. The first-order valence-electron chi connectivity index (χ1n) is 9.39. The van der Waals surface area contributed by atoms with Crippen molar-refractivity contribution in [3.8, 4) is 16.9 Å². The Morgan fingerprint density at radius 1 is 1.03 bits per heavy atom. The first-order chi connectivity index (χ1) is 14.2. The fourth-order valence-electron chi connectivity index (χ4n) is 3.65. The zero-order valence-electron chi connectivity index (χ0n) is 15.7. The third-order valence-electron chi connectivity index (χ3n) is 5.05. The predicted molar refractivity (Wildman–Crippen MR) is 116 cm³/mol.